The van der Waals surface area contributed by atoms with Gasteiger partial charge in [0.05, 0.1) is 30.9 Å². The standard InChI is InChI=1S/C24H23N3O5/c1-31-16-10-8-15(9-11-16)19-13-20(21-7-4-12-32-21)27(25-19)22(28)14-26-23(29)17-5-2-3-6-18(17)24(26)30/h2-4,7-12,17-18,20H,5-6,13-14H2,1H3/t17-,18-,20-/m1/s1. The quantitative estimate of drug-likeness (QED) is 0.534. The fourth-order valence-corrected chi connectivity index (χ4v) is 4.63. The smallest absolute Gasteiger partial charge is 0.263 e. The first-order valence-electron chi connectivity index (χ1n) is 10.6. The molecule has 8 nitrogen and oxygen atoms in total. The van der Waals surface area contributed by atoms with Crippen molar-refractivity contribution < 1.29 is 23.5 Å². The van der Waals surface area contributed by atoms with Gasteiger partial charge < -0.3 is 9.15 Å². The van der Waals surface area contributed by atoms with Crippen LogP contribution in [0.15, 0.2) is 64.3 Å². The molecule has 0 spiro atoms. The van der Waals surface area contributed by atoms with Crippen LogP contribution >= 0.6 is 0 Å². The van der Waals surface area contributed by atoms with Crippen molar-refractivity contribution in [2.45, 2.75) is 25.3 Å². The molecule has 3 amide bonds. The number of hydrogen-bond acceptors (Lipinski definition) is 6. The Morgan fingerprint density at radius 2 is 1.78 bits per heavy atom. The Morgan fingerprint density at radius 3 is 2.38 bits per heavy atom. The van der Waals surface area contributed by atoms with E-state index < -0.39 is 11.9 Å². The Hall–Kier alpha value is -3.68. The van der Waals surface area contributed by atoms with Gasteiger partial charge in [0, 0.05) is 6.42 Å². The second kappa shape index (κ2) is 8.11. The summed E-state index contributed by atoms with van der Waals surface area (Å²) in [5.74, 6) is -0.358. The molecule has 1 saturated heterocycles. The fraction of sp³-hybridized carbons (Fsp3) is 0.333. The van der Waals surface area contributed by atoms with E-state index in [4.69, 9.17) is 9.15 Å². The van der Waals surface area contributed by atoms with E-state index in [1.54, 1.807) is 25.5 Å². The van der Waals surface area contributed by atoms with Crippen molar-refractivity contribution in [1.29, 1.82) is 0 Å². The monoisotopic (exact) mass is 433 g/mol. The van der Waals surface area contributed by atoms with E-state index in [9.17, 15) is 14.4 Å². The van der Waals surface area contributed by atoms with Gasteiger partial charge in [0.25, 0.3) is 5.91 Å². The number of methoxy groups -OCH3 is 1. The summed E-state index contributed by atoms with van der Waals surface area (Å²) in [5, 5.41) is 5.92. The highest BCUT2D eigenvalue weighted by atomic mass is 16.5. The third-order valence-corrected chi connectivity index (χ3v) is 6.35. The maximum absolute atomic E-state index is 13.3. The second-order valence-corrected chi connectivity index (χ2v) is 8.17. The van der Waals surface area contributed by atoms with Crippen molar-refractivity contribution in [3.8, 4) is 5.75 Å². The number of hydrogen-bond donors (Lipinski definition) is 0. The van der Waals surface area contributed by atoms with E-state index in [0.717, 1.165) is 21.9 Å². The van der Waals surface area contributed by atoms with Crippen LogP contribution in [0, 0.1) is 11.8 Å². The van der Waals surface area contributed by atoms with Gasteiger partial charge in [-0.3, -0.25) is 19.3 Å². The topological polar surface area (TPSA) is 92.4 Å². The summed E-state index contributed by atoms with van der Waals surface area (Å²) in [6.07, 6.45) is 6.95. The van der Waals surface area contributed by atoms with E-state index in [2.05, 4.69) is 5.10 Å². The second-order valence-electron chi connectivity index (χ2n) is 8.17. The summed E-state index contributed by atoms with van der Waals surface area (Å²) in [7, 11) is 1.60. The van der Waals surface area contributed by atoms with Crippen molar-refractivity contribution in [2.24, 2.45) is 16.9 Å². The zero-order valence-electron chi connectivity index (χ0n) is 17.6. The molecule has 1 aromatic carbocycles. The van der Waals surface area contributed by atoms with E-state index in [0.29, 0.717) is 25.0 Å². The maximum Gasteiger partial charge on any atom is 0.263 e. The lowest BCUT2D eigenvalue weighted by Gasteiger charge is -2.22. The number of imide groups is 1. The van der Waals surface area contributed by atoms with Gasteiger partial charge in [0.2, 0.25) is 11.8 Å². The molecule has 2 aliphatic heterocycles. The summed E-state index contributed by atoms with van der Waals surface area (Å²) in [4.78, 5) is 40.0. The average molecular weight is 433 g/mol. The number of fused-ring (bicyclic) bond motifs is 1. The van der Waals surface area contributed by atoms with E-state index in [1.165, 1.54) is 5.01 Å². The Bertz CT molecular complexity index is 1080. The molecule has 2 aromatic rings. The highest BCUT2D eigenvalue weighted by Crippen LogP contribution is 2.37. The lowest BCUT2D eigenvalue weighted by Crippen LogP contribution is -2.41. The molecule has 1 aromatic heterocycles. The first kappa shape index (κ1) is 20.2. The van der Waals surface area contributed by atoms with Gasteiger partial charge in [-0.05, 0) is 54.8 Å². The Morgan fingerprint density at radius 1 is 1.09 bits per heavy atom. The predicted molar refractivity (Wildman–Crippen MR) is 115 cm³/mol. The molecule has 3 atom stereocenters. The molecule has 5 rings (SSSR count). The molecule has 0 N–H and O–H groups in total. The Kier molecular flexibility index (Phi) is 5.13. The number of nitrogens with zero attached hydrogens (tertiary/aromatic N) is 3. The van der Waals surface area contributed by atoms with Gasteiger partial charge in [0.15, 0.2) is 0 Å². The third-order valence-electron chi connectivity index (χ3n) is 6.35. The molecule has 1 fully saturated rings. The normalized spacial score (nSPS) is 24.7. The number of likely N-dealkylation sites (tertiary alicyclic amines) is 1. The SMILES string of the molecule is COc1ccc(C2=NN(C(=O)CN3C(=O)[C@@H]4CC=CC[C@H]4C3=O)[C@@H](c3ccco3)C2)cc1. The van der Waals surface area contributed by atoms with Crippen molar-refractivity contribution in [3.05, 3.63) is 66.1 Å². The van der Waals surface area contributed by atoms with Crippen molar-refractivity contribution in [2.75, 3.05) is 13.7 Å². The van der Waals surface area contributed by atoms with Gasteiger partial charge in [-0.2, -0.15) is 5.10 Å². The molecule has 0 unspecified atom stereocenters. The van der Waals surface area contributed by atoms with Crippen molar-refractivity contribution in [1.82, 2.24) is 9.91 Å². The molecule has 1 aliphatic carbocycles. The summed E-state index contributed by atoms with van der Waals surface area (Å²) >= 11 is 0. The molecular formula is C24H23N3O5. The molecule has 3 aliphatic rings. The number of benzene rings is 1. The summed E-state index contributed by atoms with van der Waals surface area (Å²) in [6, 6.07) is 10.6. The molecule has 0 radical (unpaired) electrons. The maximum atomic E-state index is 13.3. The first-order chi connectivity index (χ1) is 15.6. The largest absolute Gasteiger partial charge is 0.497 e. The number of carbonyl (C=O) groups excluding carboxylic acids is 3. The van der Waals surface area contributed by atoms with Crippen molar-refractivity contribution >= 4 is 23.4 Å². The molecule has 32 heavy (non-hydrogen) atoms. The van der Waals surface area contributed by atoms with Gasteiger partial charge in [-0.1, -0.05) is 12.2 Å². The van der Waals surface area contributed by atoms with Crippen LogP contribution < -0.4 is 4.74 Å². The lowest BCUT2D eigenvalue weighted by atomic mass is 9.85. The van der Waals surface area contributed by atoms with Crippen LogP contribution in [0.3, 0.4) is 0 Å². The van der Waals surface area contributed by atoms with E-state index >= 15 is 0 Å². The van der Waals surface area contributed by atoms with Crippen molar-refractivity contribution in [3.63, 3.8) is 0 Å². The summed E-state index contributed by atoms with van der Waals surface area (Å²) < 4.78 is 10.8. The van der Waals surface area contributed by atoms with Crippen LogP contribution in [-0.2, 0) is 14.4 Å². The van der Waals surface area contributed by atoms with Crippen LogP contribution in [0.4, 0.5) is 0 Å². The van der Waals surface area contributed by atoms with Crippen LogP contribution in [-0.4, -0.2) is 47.0 Å². The Balaban J connectivity index is 1.40. The highest BCUT2D eigenvalue weighted by molar-refractivity contribution is 6.08. The highest BCUT2D eigenvalue weighted by Gasteiger charge is 2.48. The molecule has 3 heterocycles. The first-order valence-corrected chi connectivity index (χ1v) is 10.6. The summed E-state index contributed by atoms with van der Waals surface area (Å²) in [5.41, 5.74) is 1.59. The van der Waals surface area contributed by atoms with Crippen LogP contribution in [0.1, 0.15) is 36.6 Å². The number of rotatable bonds is 5. The minimum Gasteiger partial charge on any atom is -0.497 e. The summed E-state index contributed by atoms with van der Waals surface area (Å²) in [6.45, 7) is -0.318. The van der Waals surface area contributed by atoms with Gasteiger partial charge in [-0.25, -0.2) is 5.01 Å². The number of furan rings is 1. The van der Waals surface area contributed by atoms with Crippen LogP contribution in [0.5, 0.6) is 5.75 Å². The lowest BCUT2D eigenvalue weighted by molar-refractivity contribution is -0.147. The predicted octanol–water partition coefficient (Wildman–Crippen LogP) is 2.92. The minimum atomic E-state index is -0.439. The van der Waals surface area contributed by atoms with E-state index in [-0.39, 0.29) is 30.2 Å². The van der Waals surface area contributed by atoms with Crippen LogP contribution in [0.2, 0.25) is 0 Å². The van der Waals surface area contributed by atoms with Gasteiger partial charge in [0.1, 0.15) is 24.1 Å². The number of hydrazone groups is 1. The number of ether oxygens (including phenoxy) is 1. The average Bonchev–Trinajstić information content (AvgIpc) is 3.55. The number of allylic oxidation sites excluding steroid dienone is 2. The van der Waals surface area contributed by atoms with Gasteiger partial charge in [-0.15, -0.1) is 0 Å². The molecule has 0 saturated carbocycles. The fourth-order valence-electron chi connectivity index (χ4n) is 4.63. The minimum absolute atomic E-state index is 0.272. The molecule has 8 heteroatoms. The van der Waals surface area contributed by atoms with E-state index in [1.807, 2.05) is 36.4 Å². The molecule has 0 bridgehead atoms. The Labute approximate surface area is 185 Å². The number of carbonyl (C=O) groups is 3. The molecular weight excluding hydrogens is 410 g/mol. The third kappa shape index (κ3) is 3.41. The van der Waals surface area contributed by atoms with Gasteiger partial charge >= 0.3 is 0 Å². The zero-order chi connectivity index (χ0) is 22.2. The van der Waals surface area contributed by atoms with Crippen LogP contribution in [0.25, 0.3) is 0 Å². The zero-order valence-corrected chi connectivity index (χ0v) is 17.6. The molecule has 164 valence electrons. The number of amides is 3.